The summed E-state index contributed by atoms with van der Waals surface area (Å²) in [6, 6.07) is 0.256. The largest absolute Gasteiger partial charge is 0.478 e. The first-order chi connectivity index (χ1) is 6.68. The zero-order valence-electron chi connectivity index (χ0n) is 7.82. The van der Waals surface area contributed by atoms with E-state index in [2.05, 4.69) is 10.6 Å². The molecule has 1 rings (SSSR count). The molecule has 1 aliphatic rings. The molecule has 78 valence electrons. The van der Waals surface area contributed by atoms with E-state index in [0.717, 1.165) is 12.5 Å². The molecule has 0 bridgehead atoms. The van der Waals surface area contributed by atoms with Gasteiger partial charge in [0.25, 0.3) is 0 Å². The molecule has 14 heavy (non-hydrogen) atoms. The molecule has 3 N–H and O–H groups in total. The molecule has 1 aliphatic heterocycles. The molecule has 0 aromatic carbocycles. The SMILES string of the molecule is O=C(O)/C=C/CNC1CCC(=O)NC1. The predicted octanol–water partition coefficient (Wildman–Crippen LogP) is -0.505. The van der Waals surface area contributed by atoms with Crippen LogP contribution in [0.5, 0.6) is 0 Å². The Bertz CT molecular complexity index is 240. The third-order valence-electron chi connectivity index (χ3n) is 2.05. The van der Waals surface area contributed by atoms with E-state index >= 15 is 0 Å². The molecule has 1 unspecified atom stereocenters. The fourth-order valence-electron chi connectivity index (χ4n) is 1.30. The smallest absolute Gasteiger partial charge is 0.328 e. The van der Waals surface area contributed by atoms with Gasteiger partial charge in [-0.05, 0) is 6.42 Å². The number of carbonyl (C=O) groups excluding carboxylic acids is 1. The summed E-state index contributed by atoms with van der Waals surface area (Å²) >= 11 is 0. The van der Waals surface area contributed by atoms with Gasteiger partial charge in [0.2, 0.25) is 5.91 Å². The van der Waals surface area contributed by atoms with Crippen molar-refractivity contribution in [3.05, 3.63) is 12.2 Å². The molecule has 1 saturated heterocycles. The van der Waals surface area contributed by atoms with Crippen molar-refractivity contribution in [2.45, 2.75) is 18.9 Å². The summed E-state index contributed by atoms with van der Waals surface area (Å²) in [5, 5.41) is 14.2. The minimum absolute atomic E-state index is 0.0872. The molecule has 0 aliphatic carbocycles. The number of amides is 1. The van der Waals surface area contributed by atoms with Crippen LogP contribution in [-0.2, 0) is 9.59 Å². The molecule has 5 nitrogen and oxygen atoms in total. The van der Waals surface area contributed by atoms with Gasteiger partial charge in [-0.25, -0.2) is 4.79 Å². The standard InChI is InChI=1S/C9H14N2O3/c12-8-4-3-7(6-11-8)10-5-1-2-9(13)14/h1-2,7,10H,3-6H2,(H,11,12)(H,13,14)/b2-1+. The Balaban J connectivity index is 2.13. The summed E-state index contributed by atoms with van der Waals surface area (Å²) in [6.07, 6.45) is 4.01. The number of piperidine rings is 1. The first-order valence-corrected chi connectivity index (χ1v) is 4.58. The number of carboxylic acids is 1. The number of carboxylic acid groups (broad SMARTS) is 1. The Morgan fingerprint density at radius 3 is 3.07 bits per heavy atom. The second-order valence-corrected chi connectivity index (χ2v) is 3.19. The average molecular weight is 198 g/mol. The van der Waals surface area contributed by atoms with Gasteiger partial charge in [0.05, 0.1) is 0 Å². The lowest BCUT2D eigenvalue weighted by Crippen LogP contribution is -2.45. The van der Waals surface area contributed by atoms with E-state index < -0.39 is 5.97 Å². The van der Waals surface area contributed by atoms with Gasteiger partial charge in [-0.2, -0.15) is 0 Å². The zero-order valence-corrected chi connectivity index (χ0v) is 7.82. The summed E-state index contributed by atoms with van der Waals surface area (Å²) in [6.45, 7) is 1.15. The topological polar surface area (TPSA) is 78.4 Å². The Morgan fingerprint density at radius 1 is 1.71 bits per heavy atom. The Morgan fingerprint density at radius 2 is 2.50 bits per heavy atom. The van der Waals surface area contributed by atoms with Crippen molar-refractivity contribution in [3.63, 3.8) is 0 Å². The van der Waals surface area contributed by atoms with Crippen molar-refractivity contribution < 1.29 is 14.7 Å². The maximum absolute atomic E-state index is 10.8. The highest BCUT2D eigenvalue weighted by Crippen LogP contribution is 2.01. The van der Waals surface area contributed by atoms with Crippen LogP contribution in [0.15, 0.2) is 12.2 Å². The number of aliphatic carboxylic acids is 1. The number of rotatable bonds is 4. The van der Waals surface area contributed by atoms with Crippen molar-refractivity contribution in [1.82, 2.24) is 10.6 Å². The minimum Gasteiger partial charge on any atom is -0.478 e. The fraction of sp³-hybridized carbons (Fsp3) is 0.556. The summed E-state index contributed by atoms with van der Waals surface area (Å²) in [4.78, 5) is 20.9. The normalized spacial score (nSPS) is 22.3. The molecule has 1 heterocycles. The lowest BCUT2D eigenvalue weighted by molar-refractivity contribution is -0.131. The van der Waals surface area contributed by atoms with Gasteiger partial charge in [-0.1, -0.05) is 6.08 Å². The molecule has 0 saturated carbocycles. The van der Waals surface area contributed by atoms with Crippen molar-refractivity contribution >= 4 is 11.9 Å². The molecular weight excluding hydrogens is 184 g/mol. The molecule has 0 spiro atoms. The molecular formula is C9H14N2O3. The third kappa shape index (κ3) is 4.04. The van der Waals surface area contributed by atoms with Gasteiger partial charge in [-0.15, -0.1) is 0 Å². The second-order valence-electron chi connectivity index (χ2n) is 3.19. The van der Waals surface area contributed by atoms with E-state index in [1.54, 1.807) is 6.08 Å². The number of nitrogens with one attached hydrogen (secondary N) is 2. The molecule has 0 aromatic heterocycles. The minimum atomic E-state index is -0.941. The van der Waals surface area contributed by atoms with Crippen LogP contribution in [0.25, 0.3) is 0 Å². The van der Waals surface area contributed by atoms with E-state index in [0.29, 0.717) is 19.5 Å². The van der Waals surface area contributed by atoms with Crippen molar-refractivity contribution in [3.8, 4) is 0 Å². The van der Waals surface area contributed by atoms with E-state index in [1.165, 1.54) is 0 Å². The number of carbonyl (C=O) groups is 2. The highest BCUT2D eigenvalue weighted by molar-refractivity contribution is 5.79. The quantitative estimate of drug-likeness (QED) is 0.532. The summed E-state index contributed by atoms with van der Waals surface area (Å²) in [5.74, 6) is -0.854. The average Bonchev–Trinajstić information content (AvgIpc) is 2.15. The zero-order chi connectivity index (χ0) is 10.4. The Labute approximate surface area is 82.2 Å². The summed E-state index contributed by atoms with van der Waals surface area (Å²) in [5.41, 5.74) is 0. The van der Waals surface area contributed by atoms with Crippen LogP contribution in [0.2, 0.25) is 0 Å². The van der Waals surface area contributed by atoms with Gasteiger partial charge < -0.3 is 15.7 Å². The highest BCUT2D eigenvalue weighted by atomic mass is 16.4. The first kappa shape index (κ1) is 10.7. The molecule has 1 amide bonds. The second kappa shape index (κ2) is 5.39. The highest BCUT2D eigenvalue weighted by Gasteiger charge is 2.16. The van der Waals surface area contributed by atoms with E-state index in [4.69, 9.17) is 5.11 Å². The van der Waals surface area contributed by atoms with Crippen LogP contribution >= 0.6 is 0 Å². The van der Waals surface area contributed by atoms with Crippen LogP contribution in [0.3, 0.4) is 0 Å². The van der Waals surface area contributed by atoms with Gasteiger partial charge >= 0.3 is 5.97 Å². The maximum Gasteiger partial charge on any atom is 0.328 e. The monoisotopic (exact) mass is 198 g/mol. The molecule has 0 radical (unpaired) electrons. The van der Waals surface area contributed by atoms with Crippen LogP contribution in [0, 0.1) is 0 Å². The van der Waals surface area contributed by atoms with E-state index in [-0.39, 0.29) is 11.9 Å². The van der Waals surface area contributed by atoms with E-state index in [1.807, 2.05) is 0 Å². The third-order valence-corrected chi connectivity index (χ3v) is 2.05. The molecule has 1 fully saturated rings. The van der Waals surface area contributed by atoms with Gasteiger partial charge in [-0.3, -0.25) is 4.79 Å². The first-order valence-electron chi connectivity index (χ1n) is 4.58. The van der Waals surface area contributed by atoms with Crippen molar-refractivity contribution in [2.24, 2.45) is 0 Å². The predicted molar refractivity (Wildman–Crippen MR) is 50.8 cm³/mol. The number of hydrogen-bond donors (Lipinski definition) is 3. The lowest BCUT2D eigenvalue weighted by Gasteiger charge is -2.22. The Hall–Kier alpha value is -1.36. The van der Waals surface area contributed by atoms with Crippen molar-refractivity contribution in [2.75, 3.05) is 13.1 Å². The Kier molecular flexibility index (Phi) is 4.12. The van der Waals surface area contributed by atoms with Gasteiger partial charge in [0.1, 0.15) is 0 Å². The lowest BCUT2D eigenvalue weighted by atomic mass is 10.1. The van der Waals surface area contributed by atoms with Crippen LogP contribution in [-0.4, -0.2) is 36.1 Å². The van der Waals surface area contributed by atoms with Crippen LogP contribution < -0.4 is 10.6 Å². The molecule has 5 heteroatoms. The maximum atomic E-state index is 10.8. The number of hydrogen-bond acceptors (Lipinski definition) is 3. The summed E-state index contributed by atoms with van der Waals surface area (Å²) < 4.78 is 0. The van der Waals surface area contributed by atoms with Crippen LogP contribution in [0.4, 0.5) is 0 Å². The summed E-state index contributed by atoms with van der Waals surface area (Å²) in [7, 11) is 0. The van der Waals surface area contributed by atoms with E-state index in [9.17, 15) is 9.59 Å². The molecule has 1 atom stereocenters. The molecule has 0 aromatic rings. The fourth-order valence-corrected chi connectivity index (χ4v) is 1.30. The van der Waals surface area contributed by atoms with Gasteiger partial charge in [0.15, 0.2) is 0 Å². The van der Waals surface area contributed by atoms with Crippen molar-refractivity contribution in [1.29, 1.82) is 0 Å². The van der Waals surface area contributed by atoms with Crippen LogP contribution in [0.1, 0.15) is 12.8 Å². The van der Waals surface area contributed by atoms with Gasteiger partial charge in [0, 0.05) is 31.6 Å².